The maximum atomic E-state index is 13.3. The third-order valence-corrected chi connectivity index (χ3v) is 8.47. The third-order valence-electron chi connectivity index (χ3n) is 6.03. The van der Waals surface area contributed by atoms with Crippen molar-refractivity contribution in [2.75, 3.05) is 15.8 Å². The number of para-hydroxylation sites is 1. The molecule has 1 aliphatic heterocycles. The van der Waals surface area contributed by atoms with Gasteiger partial charge in [0.2, 0.25) is 11.9 Å². The Morgan fingerprint density at radius 3 is 2.51 bits per heavy atom. The Kier molecular flexibility index (Phi) is 6.32. The molecule has 5 aromatic rings. The normalized spacial score (nSPS) is 14.7. The Hall–Kier alpha value is -4.56. The van der Waals surface area contributed by atoms with Gasteiger partial charge in [0, 0.05) is 30.3 Å². The summed E-state index contributed by atoms with van der Waals surface area (Å²) in [6.45, 7) is 0. The molecule has 2 N–H and O–H groups in total. The third kappa shape index (κ3) is 4.86. The van der Waals surface area contributed by atoms with E-state index in [4.69, 9.17) is 0 Å². The molecule has 4 heterocycles. The van der Waals surface area contributed by atoms with Crippen LogP contribution in [0.15, 0.2) is 94.1 Å². The molecule has 1 amide bonds. The quantitative estimate of drug-likeness (QED) is 0.286. The Labute approximate surface area is 226 Å². The van der Waals surface area contributed by atoms with E-state index in [9.17, 15) is 18.0 Å². The number of rotatable bonds is 7. The number of amides is 1. The lowest BCUT2D eigenvalue weighted by molar-refractivity contribution is -0.116. The van der Waals surface area contributed by atoms with E-state index in [-0.39, 0.29) is 34.8 Å². The van der Waals surface area contributed by atoms with Crippen LogP contribution in [0.1, 0.15) is 12.5 Å². The first kappa shape index (κ1) is 24.8. The zero-order valence-corrected chi connectivity index (χ0v) is 21.8. The molecule has 2 aromatic carbocycles. The minimum absolute atomic E-state index is 0.00762. The number of hydrogen-bond donors (Lipinski definition) is 2. The van der Waals surface area contributed by atoms with E-state index in [2.05, 4.69) is 30.1 Å². The molecule has 14 heteroatoms. The molecule has 3 aromatic heterocycles. The zero-order valence-electron chi connectivity index (χ0n) is 20.1. The number of aromatic nitrogens is 6. The summed E-state index contributed by atoms with van der Waals surface area (Å²) in [5.41, 5.74) is 1.44. The van der Waals surface area contributed by atoms with Crippen molar-refractivity contribution in [1.29, 1.82) is 0 Å². The van der Waals surface area contributed by atoms with Crippen molar-refractivity contribution in [3.63, 3.8) is 0 Å². The minimum atomic E-state index is -3.89. The first-order chi connectivity index (χ1) is 18.9. The molecule has 0 saturated heterocycles. The van der Waals surface area contributed by atoms with Crippen molar-refractivity contribution in [1.82, 2.24) is 29.3 Å². The van der Waals surface area contributed by atoms with Crippen molar-refractivity contribution in [3.8, 4) is 5.69 Å². The van der Waals surface area contributed by atoms with E-state index < -0.39 is 10.0 Å². The van der Waals surface area contributed by atoms with Gasteiger partial charge in [-0.3, -0.25) is 14.2 Å². The first-order valence-electron chi connectivity index (χ1n) is 11.8. The molecular weight excluding hydrogens is 540 g/mol. The molecule has 0 saturated carbocycles. The molecule has 12 nitrogen and oxygen atoms in total. The van der Waals surface area contributed by atoms with Crippen LogP contribution in [-0.2, 0) is 14.8 Å². The lowest BCUT2D eigenvalue weighted by Crippen LogP contribution is -2.27. The number of hydrogen-bond acceptors (Lipinski definition) is 9. The second-order valence-electron chi connectivity index (χ2n) is 8.62. The van der Waals surface area contributed by atoms with Crippen molar-refractivity contribution in [2.24, 2.45) is 0 Å². The summed E-state index contributed by atoms with van der Waals surface area (Å²) in [4.78, 5) is 38.6. The number of fused-ring (bicyclic) bond motifs is 2. The minimum Gasteiger partial charge on any atom is -0.326 e. The summed E-state index contributed by atoms with van der Waals surface area (Å²) in [6.07, 6.45) is 4.40. The van der Waals surface area contributed by atoms with Gasteiger partial charge in [0.05, 0.1) is 22.8 Å². The first-order valence-corrected chi connectivity index (χ1v) is 14.2. The fourth-order valence-electron chi connectivity index (χ4n) is 4.21. The van der Waals surface area contributed by atoms with E-state index in [0.717, 1.165) is 5.69 Å². The Balaban J connectivity index is 1.16. The average molecular weight is 561 g/mol. The SMILES string of the molecule is O=C(CC1CSc2nc3c(cnn3-c3ccccc3)c(=O)n21)Nc1ccc(S(=O)(=O)Nc2ncccn2)cc1. The largest absolute Gasteiger partial charge is 0.326 e. The zero-order chi connectivity index (χ0) is 27.0. The number of carbonyl (C=O) groups excluding carboxylic acids is 1. The summed E-state index contributed by atoms with van der Waals surface area (Å²) < 4.78 is 30.6. The van der Waals surface area contributed by atoms with Crippen LogP contribution in [0.5, 0.6) is 0 Å². The van der Waals surface area contributed by atoms with Gasteiger partial charge in [-0.2, -0.15) is 5.10 Å². The van der Waals surface area contributed by atoms with Gasteiger partial charge in [-0.25, -0.2) is 32.8 Å². The van der Waals surface area contributed by atoms with Crippen LogP contribution in [0, 0.1) is 0 Å². The van der Waals surface area contributed by atoms with Crippen molar-refractivity contribution in [3.05, 3.63) is 89.6 Å². The molecule has 1 unspecified atom stereocenters. The van der Waals surface area contributed by atoms with E-state index in [1.54, 1.807) is 15.3 Å². The Morgan fingerprint density at radius 1 is 1.03 bits per heavy atom. The number of carbonyl (C=O) groups is 1. The summed E-state index contributed by atoms with van der Waals surface area (Å²) in [5, 5.41) is 8.04. The topological polar surface area (TPSA) is 154 Å². The van der Waals surface area contributed by atoms with Crippen LogP contribution in [0.3, 0.4) is 0 Å². The molecule has 1 atom stereocenters. The summed E-state index contributed by atoms with van der Waals surface area (Å²) >= 11 is 1.41. The second-order valence-corrected chi connectivity index (χ2v) is 11.3. The van der Waals surface area contributed by atoms with E-state index in [1.807, 2.05) is 30.3 Å². The molecule has 0 spiro atoms. The van der Waals surface area contributed by atoms with Crippen LogP contribution >= 0.6 is 11.8 Å². The highest BCUT2D eigenvalue weighted by Crippen LogP contribution is 2.33. The number of benzene rings is 2. The van der Waals surface area contributed by atoms with Gasteiger partial charge in [0.15, 0.2) is 10.8 Å². The highest BCUT2D eigenvalue weighted by molar-refractivity contribution is 7.99. The van der Waals surface area contributed by atoms with Crippen LogP contribution in [0.2, 0.25) is 0 Å². The lowest BCUT2D eigenvalue weighted by Gasteiger charge is -2.14. The molecule has 0 aliphatic carbocycles. The van der Waals surface area contributed by atoms with Crippen LogP contribution < -0.4 is 15.6 Å². The lowest BCUT2D eigenvalue weighted by atomic mass is 10.2. The molecule has 0 bridgehead atoms. The van der Waals surface area contributed by atoms with Crippen LogP contribution in [0.25, 0.3) is 16.7 Å². The number of nitrogens with zero attached hydrogens (tertiary/aromatic N) is 6. The summed E-state index contributed by atoms with van der Waals surface area (Å²) in [7, 11) is -3.89. The number of sulfonamides is 1. The highest BCUT2D eigenvalue weighted by atomic mass is 32.2. The molecular formula is C25H20N8O4S2. The summed E-state index contributed by atoms with van der Waals surface area (Å²) in [6, 6.07) is 16.4. The molecule has 0 radical (unpaired) electrons. The summed E-state index contributed by atoms with van der Waals surface area (Å²) in [5.74, 6) is 0.164. The predicted octanol–water partition coefficient (Wildman–Crippen LogP) is 2.85. The average Bonchev–Trinajstić information content (AvgIpc) is 3.55. The molecule has 0 fully saturated rings. The van der Waals surface area contributed by atoms with Crippen molar-refractivity contribution in [2.45, 2.75) is 22.5 Å². The number of nitrogens with one attached hydrogen (secondary N) is 2. The fourth-order valence-corrected chi connectivity index (χ4v) is 6.30. The van der Waals surface area contributed by atoms with Gasteiger partial charge in [-0.05, 0) is 42.5 Å². The molecule has 39 heavy (non-hydrogen) atoms. The smallest absolute Gasteiger partial charge is 0.265 e. The van der Waals surface area contributed by atoms with Gasteiger partial charge in [0.1, 0.15) is 5.39 Å². The van der Waals surface area contributed by atoms with E-state index >= 15 is 0 Å². The van der Waals surface area contributed by atoms with E-state index in [0.29, 0.717) is 27.6 Å². The van der Waals surface area contributed by atoms with Crippen molar-refractivity contribution < 1.29 is 13.2 Å². The Morgan fingerprint density at radius 2 is 1.77 bits per heavy atom. The van der Waals surface area contributed by atoms with Crippen LogP contribution in [-0.4, -0.2) is 49.4 Å². The molecule has 1 aliphatic rings. The van der Waals surface area contributed by atoms with Gasteiger partial charge < -0.3 is 5.32 Å². The predicted molar refractivity (Wildman–Crippen MR) is 145 cm³/mol. The maximum absolute atomic E-state index is 13.3. The molecule has 196 valence electrons. The standard InChI is InChI=1S/C25H20N8O4S2/c34-21(29-16-7-9-19(10-8-16)39(36,37)31-24-26-11-4-12-27-24)13-18-15-38-25-30-22-20(23(35)32(18)25)14-28-33(22)17-5-2-1-3-6-17/h1-12,14,18H,13,15H2,(H,29,34)(H,26,27,31). The monoisotopic (exact) mass is 560 g/mol. The maximum Gasteiger partial charge on any atom is 0.265 e. The highest BCUT2D eigenvalue weighted by Gasteiger charge is 2.29. The van der Waals surface area contributed by atoms with Gasteiger partial charge in [-0.15, -0.1) is 0 Å². The van der Waals surface area contributed by atoms with Gasteiger partial charge in [-0.1, -0.05) is 30.0 Å². The fraction of sp³-hybridized carbons (Fsp3) is 0.120. The van der Waals surface area contributed by atoms with Crippen molar-refractivity contribution >= 4 is 50.4 Å². The Bertz CT molecular complexity index is 1840. The second kappa shape index (κ2) is 9.96. The number of anilines is 2. The van der Waals surface area contributed by atoms with Gasteiger partial charge in [0.25, 0.3) is 15.6 Å². The van der Waals surface area contributed by atoms with E-state index in [1.165, 1.54) is 54.6 Å². The van der Waals surface area contributed by atoms with Gasteiger partial charge >= 0.3 is 0 Å². The molecule has 6 rings (SSSR count). The van der Waals surface area contributed by atoms with Crippen LogP contribution in [0.4, 0.5) is 11.6 Å². The number of thioether (sulfide) groups is 1.